The molecular weight excluding hydrogens is 450 g/mol. The molecule has 0 unspecified atom stereocenters. The standard InChI is InChI=1S/C19H11ClF6N4O/c20-13-7-9(4-6-12(13)18(21,22)23)1-2-10-3-5-11-14(8-10)31-16(15(11)19(24,25)26)17-27-29-30-28-17/h3-8H,1-2H2,(H,27,28,29,30). The summed E-state index contributed by atoms with van der Waals surface area (Å²) in [4.78, 5) is 0. The topological polar surface area (TPSA) is 67.6 Å². The summed E-state index contributed by atoms with van der Waals surface area (Å²) in [6.07, 6.45) is -8.59. The molecule has 0 radical (unpaired) electrons. The fraction of sp³-hybridized carbons (Fsp3) is 0.211. The quantitative estimate of drug-likeness (QED) is 0.374. The minimum atomic E-state index is -4.71. The Kier molecular flexibility index (Phi) is 5.16. The van der Waals surface area contributed by atoms with Crippen molar-refractivity contribution >= 4 is 22.6 Å². The number of aromatic amines is 1. The molecule has 0 aliphatic rings. The summed E-state index contributed by atoms with van der Waals surface area (Å²) in [5, 5.41) is 11.9. The van der Waals surface area contributed by atoms with Crippen LogP contribution in [-0.2, 0) is 25.2 Å². The molecular formula is C19H11ClF6N4O. The molecule has 0 amide bonds. The number of alkyl halides is 6. The van der Waals surface area contributed by atoms with Crippen molar-refractivity contribution in [2.75, 3.05) is 0 Å². The highest BCUT2D eigenvalue weighted by Gasteiger charge is 2.40. The van der Waals surface area contributed by atoms with Gasteiger partial charge in [-0.3, -0.25) is 0 Å². The van der Waals surface area contributed by atoms with E-state index in [0.29, 0.717) is 24.0 Å². The summed E-state index contributed by atoms with van der Waals surface area (Å²) in [5.74, 6) is -0.882. The molecule has 5 nitrogen and oxygen atoms in total. The van der Waals surface area contributed by atoms with Gasteiger partial charge in [-0.25, -0.2) is 0 Å². The van der Waals surface area contributed by atoms with Crippen LogP contribution in [0, 0.1) is 0 Å². The van der Waals surface area contributed by atoms with Gasteiger partial charge in [0.05, 0.1) is 10.6 Å². The molecule has 0 aliphatic carbocycles. The third-order valence-corrected chi connectivity index (χ3v) is 4.94. The summed E-state index contributed by atoms with van der Waals surface area (Å²) in [5.41, 5.74) is -0.768. The second-order valence-corrected chi connectivity index (χ2v) is 7.09. The van der Waals surface area contributed by atoms with Crippen LogP contribution < -0.4 is 0 Å². The Morgan fingerprint density at radius 2 is 1.58 bits per heavy atom. The smallest absolute Gasteiger partial charge is 0.420 e. The van der Waals surface area contributed by atoms with Crippen LogP contribution in [0.2, 0.25) is 5.02 Å². The number of aromatic nitrogens is 4. The summed E-state index contributed by atoms with van der Waals surface area (Å²) < 4.78 is 84.6. The van der Waals surface area contributed by atoms with Gasteiger partial charge in [-0.2, -0.15) is 31.6 Å². The highest BCUT2D eigenvalue weighted by Crippen LogP contribution is 2.43. The number of hydrogen-bond donors (Lipinski definition) is 1. The maximum absolute atomic E-state index is 13.6. The molecule has 31 heavy (non-hydrogen) atoms. The number of nitrogens with one attached hydrogen (secondary N) is 1. The van der Waals surface area contributed by atoms with E-state index in [1.54, 1.807) is 0 Å². The van der Waals surface area contributed by atoms with E-state index in [9.17, 15) is 26.3 Å². The van der Waals surface area contributed by atoms with E-state index in [2.05, 4.69) is 20.6 Å². The van der Waals surface area contributed by atoms with E-state index in [0.717, 1.165) is 6.07 Å². The number of benzene rings is 2. The lowest BCUT2D eigenvalue weighted by molar-refractivity contribution is -0.137. The number of aryl methyl sites for hydroxylation is 2. The van der Waals surface area contributed by atoms with Crippen LogP contribution >= 0.6 is 11.6 Å². The first-order valence-electron chi connectivity index (χ1n) is 8.76. The average molecular weight is 461 g/mol. The Hall–Kier alpha value is -3.08. The van der Waals surface area contributed by atoms with E-state index in [-0.39, 0.29) is 16.8 Å². The van der Waals surface area contributed by atoms with Gasteiger partial charge in [0.15, 0.2) is 5.76 Å². The lowest BCUT2D eigenvalue weighted by Gasteiger charge is -2.10. The zero-order valence-corrected chi connectivity index (χ0v) is 16.0. The van der Waals surface area contributed by atoms with Crippen molar-refractivity contribution in [2.45, 2.75) is 25.2 Å². The number of hydrogen-bond acceptors (Lipinski definition) is 4. The Bertz CT molecular complexity index is 1230. The first kappa shape index (κ1) is 21.2. The van der Waals surface area contributed by atoms with Crippen molar-refractivity contribution in [3.8, 4) is 11.6 Å². The fourth-order valence-corrected chi connectivity index (χ4v) is 3.54. The van der Waals surface area contributed by atoms with Gasteiger partial charge >= 0.3 is 12.4 Å². The van der Waals surface area contributed by atoms with Crippen molar-refractivity contribution < 1.29 is 30.8 Å². The Morgan fingerprint density at radius 1 is 0.903 bits per heavy atom. The molecule has 2 aromatic carbocycles. The zero-order valence-electron chi connectivity index (χ0n) is 15.3. The highest BCUT2D eigenvalue weighted by atomic mass is 35.5. The van der Waals surface area contributed by atoms with Gasteiger partial charge in [-0.15, -0.1) is 10.2 Å². The molecule has 0 bridgehead atoms. The number of rotatable bonds is 4. The van der Waals surface area contributed by atoms with E-state index < -0.39 is 34.3 Å². The lowest BCUT2D eigenvalue weighted by atomic mass is 10.0. The molecule has 0 saturated carbocycles. The average Bonchev–Trinajstić information content (AvgIpc) is 3.31. The van der Waals surface area contributed by atoms with Crippen LogP contribution in [0.5, 0.6) is 0 Å². The monoisotopic (exact) mass is 460 g/mol. The van der Waals surface area contributed by atoms with Gasteiger partial charge in [0, 0.05) is 5.39 Å². The van der Waals surface area contributed by atoms with E-state index in [1.807, 2.05) is 0 Å². The molecule has 12 heteroatoms. The Morgan fingerprint density at radius 3 is 2.16 bits per heavy atom. The first-order valence-corrected chi connectivity index (χ1v) is 9.14. The zero-order chi connectivity index (χ0) is 22.4. The SMILES string of the molecule is FC(F)(F)c1ccc(CCc2ccc3c(C(F)(F)F)c(-c4nn[nH]n4)oc3c2)cc1Cl. The van der Waals surface area contributed by atoms with Crippen molar-refractivity contribution in [3.05, 3.63) is 63.7 Å². The lowest BCUT2D eigenvalue weighted by Crippen LogP contribution is -2.06. The normalized spacial score (nSPS) is 12.6. The highest BCUT2D eigenvalue weighted by molar-refractivity contribution is 6.31. The van der Waals surface area contributed by atoms with Gasteiger partial charge < -0.3 is 4.42 Å². The van der Waals surface area contributed by atoms with Gasteiger partial charge in [-0.1, -0.05) is 29.8 Å². The number of furan rings is 1. The van der Waals surface area contributed by atoms with Crippen LogP contribution in [-0.4, -0.2) is 20.6 Å². The maximum atomic E-state index is 13.6. The molecule has 0 spiro atoms. The van der Waals surface area contributed by atoms with Gasteiger partial charge in [0.25, 0.3) is 0 Å². The Balaban J connectivity index is 1.62. The molecule has 1 N–H and O–H groups in total. The van der Waals surface area contributed by atoms with Gasteiger partial charge in [-0.05, 0) is 47.4 Å². The van der Waals surface area contributed by atoms with Crippen LogP contribution in [0.3, 0.4) is 0 Å². The fourth-order valence-electron chi connectivity index (χ4n) is 3.23. The predicted molar refractivity (Wildman–Crippen MR) is 98.2 cm³/mol. The number of fused-ring (bicyclic) bond motifs is 1. The molecule has 0 aliphatic heterocycles. The number of halogens is 7. The van der Waals surface area contributed by atoms with Crippen molar-refractivity contribution in [1.29, 1.82) is 0 Å². The van der Waals surface area contributed by atoms with Crippen LogP contribution in [0.1, 0.15) is 22.3 Å². The third-order valence-electron chi connectivity index (χ3n) is 4.63. The first-order chi connectivity index (χ1) is 14.5. The molecule has 162 valence electrons. The number of nitrogens with zero attached hydrogens (tertiary/aromatic N) is 3. The van der Waals surface area contributed by atoms with Crippen molar-refractivity contribution in [2.24, 2.45) is 0 Å². The van der Waals surface area contributed by atoms with E-state index in [1.165, 1.54) is 30.3 Å². The molecule has 4 aromatic rings. The van der Waals surface area contributed by atoms with Crippen LogP contribution in [0.25, 0.3) is 22.6 Å². The molecule has 0 saturated heterocycles. The largest absolute Gasteiger partial charge is 0.452 e. The Labute approximate surface area is 175 Å². The second kappa shape index (κ2) is 7.56. The maximum Gasteiger partial charge on any atom is 0.420 e. The summed E-state index contributed by atoms with van der Waals surface area (Å²) in [6.45, 7) is 0. The molecule has 2 heterocycles. The molecule has 0 atom stereocenters. The summed E-state index contributed by atoms with van der Waals surface area (Å²) >= 11 is 5.72. The molecule has 4 rings (SSSR count). The van der Waals surface area contributed by atoms with Crippen LogP contribution in [0.4, 0.5) is 26.3 Å². The molecule has 0 fully saturated rings. The van der Waals surface area contributed by atoms with Crippen molar-refractivity contribution in [1.82, 2.24) is 20.6 Å². The molecule has 2 aromatic heterocycles. The minimum Gasteiger partial charge on any atom is -0.452 e. The summed E-state index contributed by atoms with van der Waals surface area (Å²) in [6, 6.07) is 7.67. The van der Waals surface area contributed by atoms with Crippen molar-refractivity contribution in [3.63, 3.8) is 0 Å². The second-order valence-electron chi connectivity index (χ2n) is 6.68. The minimum absolute atomic E-state index is 0.0184. The summed E-state index contributed by atoms with van der Waals surface area (Å²) in [7, 11) is 0. The predicted octanol–water partition coefficient (Wildman–Crippen LogP) is 6.09. The van der Waals surface area contributed by atoms with E-state index in [4.69, 9.17) is 16.0 Å². The van der Waals surface area contributed by atoms with E-state index >= 15 is 0 Å². The third kappa shape index (κ3) is 4.22. The van der Waals surface area contributed by atoms with Crippen LogP contribution in [0.15, 0.2) is 40.8 Å². The van der Waals surface area contributed by atoms with Gasteiger partial charge in [0.2, 0.25) is 5.82 Å². The van der Waals surface area contributed by atoms with Gasteiger partial charge in [0.1, 0.15) is 11.1 Å². The number of tetrazole rings is 1. The number of H-pyrrole nitrogens is 1.